The van der Waals surface area contributed by atoms with E-state index in [1.54, 1.807) is 30.8 Å². The highest BCUT2D eigenvalue weighted by molar-refractivity contribution is 9.10. The molecule has 0 N–H and O–H groups in total. The quantitative estimate of drug-likeness (QED) is 0.809. The van der Waals surface area contributed by atoms with Crippen molar-refractivity contribution >= 4 is 26.1 Å². The minimum atomic E-state index is -3.31. The lowest BCUT2D eigenvalue weighted by molar-refractivity contribution is 0.253. The molecule has 1 aromatic rings. The Hall–Kier alpha value is -0.570. The maximum absolute atomic E-state index is 12.1. The first-order chi connectivity index (χ1) is 9.39. The third-order valence-electron chi connectivity index (χ3n) is 3.44. The van der Waals surface area contributed by atoms with Crippen LogP contribution in [0.2, 0.25) is 0 Å². The summed E-state index contributed by atoms with van der Waals surface area (Å²) >= 11 is 3.26. The lowest BCUT2D eigenvalue weighted by atomic mass is 9.95. The standard InChI is InChI=1S/C12H19BrN4O2S/c1-16(2)20(18,19)17-5-3-4-10(9-17)6-11-7-15-12(13)8-14-11/h7-8,10H,3-6,9H2,1-2H3. The van der Waals surface area contributed by atoms with Crippen LogP contribution in [0.4, 0.5) is 0 Å². The number of halogens is 1. The van der Waals surface area contributed by atoms with Crippen LogP contribution in [0.25, 0.3) is 0 Å². The maximum atomic E-state index is 12.1. The predicted octanol–water partition coefficient (Wildman–Crippen LogP) is 1.30. The Kier molecular flexibility index (Phi) is 5.11. The van der Waals surface area contributed by atoms with Gasteiger partial charge in [0.2, 0.25) is 0 Å². The van der Waals surface area contributed by atoms with E-state index >= 15 is 0 Å². The van der Waals surface area contributed by atoms with E-state index < -0.39 is 10.2 Å². The van der Waals surface area contributed by atoms with Gasteiger partial charge in [-0.2, -0.15) is 17.0 Å². The molecule has 6 nitrogen and oxygen atoms in total. The molecule has 2 rings (SSSR count). The van der Waals surface area contributed by atoms with E-state index in [0.29, 0.717) is 23.6 Å². The Labute approximate surface area is 128 Å². The van der Waals surface area contributed by atoms with Crippen molar-refractivity contribution in [3.63, 3.8) is 0 Å². The molecule has 0 aliphatic carbocycles. The number of piperidine rings is 1. The molecule has 1 atom stereocenters. The van der Waals surface area contributed by atoms with Crippen molar-refractivity contribution in [2.24, 2.45) is 5.92 Å². The lowest BCUT2D eigenvalue weighted by Crippen LogP contribution is -2.45. The van der Waals surface area contributed by atoms with Crippen molar-refractivity contribution in [1.82, 2.24) is 18.6 Å². The minimum Gasteiger partial charge on any atom is -0.257 e. The molecule has 1 fully saturated rings. The van der Waals surface area contributed by atoms with Gasteiger partial charge in [-0.25, -0.2) is 4.98 Å². The van der Waals surface area contributed by atoms with E-state index in [-0.39, 0.29) is 0 Å². The summed E-state index contributed by atoms with van der Waals surface area (Å²) in [5.74, 6) is 0.300. The summed E-state index contributed by atoms with van der Waals surface area (Å²) in [7, 11) is -0.172. The zero-order valence-corrected chi connectivity index (χ0v) is 14.1. The van der Waals surface area contributed by atoms with Gasteiger partial charge in [-0.05, 0) is 41.1 Å². The maximum Gasteiger partial charge on any atom is 0.281 e. The van der Waals surface area contributed by atoms with Gasteiger partial charge >= 0.3 is 0 Å². The average Bonchev–Trinajstić information content (AvgIpc) is 2.41. The molecule has 0 bridgehead atoms. The third-order valence-corrected chi connectivity index (χ3v) is 5.76. The highest BCUT2D eigenvalue weighted by atomic mass is 79.9. The van der Waals surface area contributed by atoms with Crippen LogP contribution in [0, 0.1) is 5.92 Å². The summed E-state index contributed by atoms with van der Waals surface area (Å²) in [6, 6.07) is 0. The second kappa shape index (κ2) is 6.46. The summed E-state index contributed by atoms with van der Waals surface area (Å²) in [6.07, 6.45) is 6.09. The van der Waals surface area contributed by atoms with Crippen LogP contribution in [0.3, 0.4) is 0 Å². The van der Waals surface area contributed by atoms with E-state index in [1.165, 1.54) is 4.31 Å². The molecule has 0 amide bonds. The molecule has 1 saturated heterocycles. The molecule has 1 unspecified atom stereocenters. The summed E-state index contributed by atoms with van der Waals surface area (Å²) in [6.45, 7) is 1.15. The molecule has 0 saturated carbocycles. The Balaban J connectivity index is 2.02. The normalized spacial score (nSPS) is 21.3. The molecule has 0 spiro atoms. The molecule has 2 heterocycles. The highest BCUT2D eigenvalue weighted by Crippen LogP contribution is 2.23. The first-order valence-electron chi connectivity index (χ1n) is 6.53. The molecule has 1 aliphatic heterocycles. The topological polar surface area (TPSA) is 66.4 Å². The fourth-order valence-corrected chi connectivity index (χ4v) is 3.80. The lowest BCUT2D eigenvalue weighted by Gasteiger charge is -2.33. The van der Waals surface area contributed by atoms with E-state index in [1.807, 2.05) is 0 Å². The number of nitrogens with zero attached hydrogens (tertiary/aromatic N) is 4. The van der Waals surface area contributed by atoms with Gasteiger partial charge in [0.1, 0.15) is 4.60 Å². The van der Waals surface area contributed by atoms with Gasteiger partial charge in [-0.15, -0.1) is 0 Å². The van der Waals surface area contributed by atoms with Gasteiger partial charge in [0.25, 0.3) is 10.2 Å². The number of hydrogen-bond donors (Lipinski definition) is 0. The predicted molar refractivity (Wildman–Crippen MR) is 80.3 cm³/mol. The first kappa shape index (κ1) is 15.8. The van der Waals surface area contributed by atoms with Crippen LogP contribution in [0.15, 0.2) is 17.0 Å². The largest absolute Gasteiger partial charge is 0.281 e. The smallest absolute Gasteiger partial charge is 0.257 e. The zero-order chi connectivity index (χ0) is 14.8. The third kappa shape index (κ3) is 3.75. The Morgan fingerprint density at radius 1 is 1.40 bits per heavy atom. The van der Waals surface area contributed by atoms with Gasteiger partial charge in [0, 0.05) is 33.4 Å². The van der Waals surface area contributed by atoms with Crippen molar-refractivity contribution < 1.29 is 8.42 Å². The van der Waals surface area contributed by atoms with Crippen molar-refractivity contribution in [3.05, 3.63) is 22.7 Å². The Morgan fingerprint density at radius 2 is 2.15 bits per heavy atom. The molecule has 20 heavy (non-hydrogen) atoms. The number of rotatable bonds is 4. The average molecular weight is 363 g/mol. The van der Waals surface area contributed by atoms with Gasteiger partial charge in [0.15, 0.2) is 0 Å². The number of aromatic nitrogens is 2. The van der Waals surface area contributed by atoms with Crippen LogP contribution in [-0.4, -0.2) is 54.2 Å². The zero-order valence-electron chi connectivity index (χ0n) is 11.7. The molecular formula is C12H19BrN4O2S. The monoisotopic (exact) mass is 362 g/mol. The fraction of sp³-hybridized carbons (Fsp3) is 0.667. The second-order valence-corrected chi connectivity index (χ2v) is 8.15. The van der Waals surface area contributed by atoms with Crippen LogP contribution < -0.4 is 0 Å². The summed E-state index contributed by atoms with van der Waals surface area (Å²) < 4.78 is 27.8. The Bertz CT molecular complexity index is 547. The Morgan fingerprint density at radius 3 is 2.75 bits per heavy atom. The SMILES string of the molecule is CN(C)S(=O)(=O)N1CCCC(Cc2cnc(Br)cn2)C1. The molecule has 1 aliphatic rings. The molecule has 0 aromatic carbocycles. The van der Waals surface area contributed by atoms with Gasteiger partial charge in [0.05, 0.1) is 11.9 Å². The molecule has 112 valence electrons. The summed E-state index contributed by atoms with van der Waals surface area (Å²) in [5.41, 5.74) is 0.905. The highest BCUT2D eigenvalue weighted by Gasteiger charge is 2.30. The summed E-state index contributed by atoms with van der Waals surface area (Å²) in [5, 5.41) is 0. The molecular weight excluding hydrogens is 344 g/mol. The van der Waals surface area contributed by atoms with Crippen molar-refractivity contribution in [3.8, 4) is 0 Å². The van der Waals surface area contributed by atoms with E-state index in [9.17, 15) is 8.42 Å². The van der Waals surface area contributed by atoms with E-state index in [2.05, 4.69) is 25.9 Å². The van der Waals surface area contributed by atoms with Crippen molar-refractivity contribution in [1.29, 1.82) is 0 Å². The van der Waals surface area contributed by atoms with Crippen molar-refractivity contribution in [2.75, 3.05) is 27.2 Å². The minimum absolute atomic E-state index is 0.300. The number of hydrogen-bond acceptors (Lipinski definition) is 4. The first-order valence-corrected chi connectivity index (χ1v) is 8.72. The summed E-state index contributed by atoms with van der Waals surface area (Å²) in [4.78, 5) is 8.46. The van der Waals surface area contributed by atoms with Crippen LogP contribution in [0.1, 0.15) is 18.5 Å². The molecule has 8 heteroatoms. The van der Waals surface area contributed by atoms with Gasteiger partial charge in [-0.3, -0.25) is 4.98 Å². The molecule has 1 aromatic heterocycles. The van der Waals surface area contributed by atoms with Gasteiger partial charge < -0.3 is 0 Å². The second-order valence-electron chi connectivity index (χ2n) is 5.19. The van der Waals surface area contributed by atoms with Crippen LogP contribution >= 0.6 is 15.9 Å². The fourth-order valence-electron chi connectivity index (χ4n) is 2.37. The van der Waals surface area contributed by atoms with E-state index in [4.69, 9.17) is 0 Å². The van der Waals surface area contributed by atoms with E-state index in [0.717, 1.165) is 25.0 Å². The van der Waals surface area contributed by atoms with Crippen LogP contribution in [0.5, 0.6) is 0 Å². The van der Waals surface area contributed by atoms with Gasteiger partial charge in [-0.1, -0.05) is 0 Å². The van der Waals surface area contributed by atoms with Crippen molar-refractivity contribution in [2.45, 2.75) is 19.3 Å². The molecule has 0 radical (unpaired) electrons. The van der Waals surface area contributed by atoms with Crippen LogP contribution in [-0.2, 0) is 16.6 Å².